The molecule has 0 saturated heterocycles. The number of nitrogens with zero attached hydrogens (tertiary/aromatic N) is 3. The number of carbonyl (C=O) groups is 1. The smallest absolute Gasteiger partial charge is 0.404 e. The highest BCUT2D eigenvalue weighted by molar-refractivity contribution is 14.1. The number of benzene rings is 2. The summed E-state index contributed by atoms with van der Waals surface area (Å²) in [5.41, 5.74) is 4.70. The van der Waals surface area contributed by atoms with E-state index in [2.05, 4.69) is 72.5 Å². The highest BCUT2D eigenvalue weighted by Gasteiger charge is 2.21. The maximum atomic E-state index is 15.6. The molecule has 2 aromatic heterocycles. The van der Waals surface area contributed by atoms with Crippen molar-refractivity contribution in [2.75, 3.05) is 25.3 Å². The average Bonchev–Trinajstić information content (AvgIpc) is 3.35. The van der Waals surface area contributed by atoms with Crippen LogP contribution in [0, 0.1) is 9.52 Å². The van der Waals surface area contributed by atoms with Gasteiger partial charge in [-0.05, 0) is 76.0 Å². The fourth-order valence-electron chi connectivity index (χ4n) is 5.07. The van der Waals surface area contributed by atoms with Gasteiger partial charge in [-0.3, -0.25) is 0 Å². The molecule has 0 saturated carbocycles. The monoisotopic (exact) mass is 821 g/mol. The molecule has 2 aromatic carbocycles. The first-order chi connectivity index (χ1) is 23.1. The number of aryl methyl sites for hydroxylation is 1. The van der Waals surface area contributed by atoms with Crippen molar-refractivity contribution in [1.29, 1.82) is 0 Å². The van der Waals surface area contributed by atoms with Gasteiger partial charge in [0, 0.05) is 48.0 Å². The Morgan fingerprint density at radius 2 is 1.61 bits per heavy atom. The standard InChI is InChI=1S/C35H49FIN5O5Si2/c1-8-24-17-31(47-23-46-14-16-49(5,6)7)28(36)18-27(24)29-19-30-32(33(37)41-42(30)22-45-13-15-48(2,3)4)34(40-29)38-20-25-11-9-10-12-26(25)21-39-35(43)44/h9-12,17-19,39H,8,13-16,20-23H2,1-7H3,(H,38,40)(H,43,44). The molecule has 0 unspecified atom stereocenters. The van der Waals surface area contributed by atoms with Crippen LogP contribution < -0.4 is 15.4 Å². The molecule has 10 nitrogen and oxygen atoms in total. The summed E-state index contributed by atoms with van der Waals surface area (Å²) < 4.78 is 35.7. The van der Waals surface area contributed by atoms with Crippen LogP contribution in [0.25, 0.3) is 22.2 Å². The van der Waals surface area contributed by atoms with Crippen molar-refractivity contribution in [2.24, 2.45) is 0 Å². The van der Waals surface area contributed by atoms with Crippen LogP contribution in [-0.4, -0.2) is 62.1 Å². The summed E-state index contributed by atoms with van der Waals surface area (Å²) in [6.45, 7) is 17.9. The molecule has 0 aliphatic heterocycles. The van der Waals surface area contributed by atoms with Crippen LogP contribution in [0.15, 0.2) is 42.5 Å². The normalized spacial score (nSPS) is 12.0. The molecule has 0 spiro atoms. The molecule has 49 heavy (non-hydrogen) atoms. The summed E-state index contributed by atoms with van der Waals surface area (Å²) in [6, 6.07) is 14.8. The van der Waals surface area contributed by atoms with Crippen LogP contribution in [0.5, 0.6) is 5.75 Å². The number of halogens is 2. The first-order valence-electron chi connectivity index (χ1n) is 16.6. The van der Waals surface area contributed by atoms with E-state index in [-0.39, 0.29) is 25.8 Å². The van der Waals surface area contributed by atoms with E-state index >= 15 is 4.39 Å². The predicted octanol–water partition coefficient (Wildman–Crippen LogP) is 8.79. The molecule has 0 bridgehead atoms. The van der Waals surface area contributed by atoms with Gasteiger partial charge in [0.15, 0.2) is 18.4 Å². The van der Waals surface area contributed by atoms with Crippen molar-refractivity contribution in [3.05, 3.63) is 68.7 Å². The highest BCUT2D eigenvalue weighted by atomic mass is 127. The Balaban J connectivity index is 1.69. The van der Waals surface area contributed by atoms with Gasteiger partial charge >= 0.3 is 6.09 Å². The zero-order chi connectivity index (χ0) is 35.8. The summed E-state index contributed by atoms with van der Waals surface area (Å²) in [4.78, 5) is 16.2. The van der Waals surface area contributed by atoms with E-state index in [1.165, 1.54) is 6.07 Å². The van der Waals surface area contributed by atoms with Gasteiger partial charge in [-0.2, -0.15) is 5.10 Å². The molecule has 0 aliphatic carbocycles. The zero-order valence-electron chi connectivity index (χ0n) is 29.6. The Labute approximate surface area is 304 Å². The summed E-state index contributed by atoms with van der Waals surface area (Å²) in [6.07, 6.45) is -0.455. The van der Waals surface area contributed by atoms with E-state index in [0.717, 1.165) is 43.4 Å². The van der Waals surface area contributed by atoms with Gasteiger partial charge in [0.2, 0.25) is 0 Å². The molecule has 3 N–H and O–H groups in total. The number of carboxylic acid groups (broad SMARTS) is 1. The summed E-state index contributed by atoms with van der Waals surface area (Å²) >= 11 is 2.21. The van der Waals surface area contributed by atoms with Crippen molar-refractivity contribution >= 4 is 61.6 Å². The maximum absolute atomic E-state index is 15.6. The van der Waals surface area contributed by atoms with Gasteiger partial charge in [0.05, 0.1) is 16.6 Å². The van der Waals surface area contributed by atoms with E-state index in [1.54, 1.807) is 6.07 Å². The minimum absolute atomic E-state index is 0.0129. The quantitative estimate of drug-likeness (QED) is 0.0395. The first-order valence-corrected chi connectivity index (χ1v) is 25.1. The van der Waals surface area contributed by atoms with E-state index in [1.807, 2.05) is 41.9 Å². The lowest BCUT2D eigenvalue weighted by Gasteiger charge is -2.17. The SMILES string of the molecule is CCc1cc(OCOCC[Si](C)(C)C)c(F)cc1-c1cc2c(c(I)nn2COCC[Si](C)(C)C)c(NCc2ccccc2CNC(=O)O)n1. The van der Waals surface area contributed by atoms with E-state index in [4.69, 9.17) is 29.4 Å². The molecule has 0 aliphatic rings. The number of anilines is 1. The lowest BCUT2D eigenvalue weighted by Crippen LogP contribution is -2.22. The Morgan fingerprint density at radius 3 is 2.24 bits per heavy atom. The number of pyridine rings is 1. The van der Waals surface area contributed by atoms with Crippen LogP contribution in [0.4, 0.5) is 15.0 Å². The second kappa shape index (κ2) is 17.2. The number of amides is 1. The second-order valence-electron chi connectivity index (χ2n) is 14.4. The fraction of sp³-hybridized carbons (Fsp3) is 0.457. The van der Waals surface area contributed by atoms with Gasteiger partial charge in [0.1, 0.15) is 16.2 Å². The van der Waals surface area contributed by atoms with Crippen LogP contribution in [0.1, 0.15) is 23.6 Å². The second-order valence-corrected chi connectivity index (χ2v) is 26.7. The Hall–Kier alpha value is -3.06. The number of hydrogen-bond acceptors (Lipinski definition) is 7. The molecule has 14 heteroatoms. The minimum Gasteiger partial charge on any atom is -0.465 e. The average molecular weight is 822 g/mol. The number of fused-ring (bicyclic) bond motifs is 1. The number of nitrogens with one attached hydrogen (secondary N) is 2. The number of rotatable bonds is 18. The van der Waals surface area contributed by atoms with Crippen molar-refractivity contribution in [3.8, 4) is 17.0 Å². The van der Waals surface area contributed by atoms with E-state index in [9.17, 15) is 4.79 Å². The summed E-state index contributed by atoms with van der Waals surface area (Å²) in [7, 11) is -2.51. The zero-order valence-corrected chi connectivity index (χ0v) is 33.7. The molecule has 2 heterocycles. The highest BCUT2D eigenvalue weighted by Crippen LogP contribution is 2.35. The molecule has 266 valence electrons. The molecule has 4 aromatic rings. The third kappa shape index (κ3) is 11.5. The van der Waals surface area contributed by atoms with Crippen molar-refractivity contribution in [1.82, 2.24) is 20.1 Å². The lowest BCUT2D eigenvalue weighted by atomic mass is 10.0. The van der Waals surface area contributed by atoms with Crippen LogP contribution in [0.2, 0.25) is 51.4 Å². The van der Waals surface area contributed by atoms with Crippen molar-refractivity contribution in [2.45, 2.75) is 84.5 Å². The van der Waals surface area contributed by atoms with Gasteiger partial charge in [0.25, 0.3) is 0 Å². The topological polar surface area (TPSA) is 120 Å². The number of hydrogen-bond donors (Lipinski definition) is 3. The van der Waals surface area contributed by atoms with E-state index in [0.29, 0.717) is 43.3 Å². The molecule has 0 fully saturated rings. The Morgan fingerprint density at radius 1 is 0.959 bits per heavy atom. The first kappa shape index (κ1) is 38.7. The summed E-state index contributed by atoms with van der Waals surface area (Å²) in [5.74, 6) is 0.245. The molecule has 1 amide bonds. The van der Waals surface area contributed by atoms with Crippen molar-refractivity contribution < 1.29 is 28.5 Å². The fourth-order valence-corrected chi connectivity index (χ4v) is 7.38. The third-order valence-electron chi connectivity index (χ3n) is 8.00. The largest absolute Gasteiger partial charge is 0.465 e. The van der Waals surface area contributed by atoms with Gasteiger partial charge < -0.3 is 30.0 Å². The molecule has 0 atom stereocenters. The Kier molecular flexibility index (Phi) is 13.6. The predicted molar refractivity (Wildman–Crippen MR) is 207 cm³/mol. The maximum Gasteiger partial charge on any atom is 0.404 e. The third-order valence-corrected chi connectivity index (χ3v) is 12.2. The molecule has 0 radical (unpaired) electrons. The Bertz CT molecular complexity index is 1740. The lowest BCUT2D eigenvalue weighted by molar-refractivity contribution is 0.0197. The van der Waals surface area contributed by atoms with Gasteiger partial charge in [-0.1, -0.05) is 70.5 Å². The summed E-state index contributed by atoms with van der Waals surface area (Å²) in [5, 5.41) is 20.7. The van der Waals surface area contributed by atoms with Crippen LogP contribution in [0.3, 0.4) is 0 Å². The molecule has 4 rings (SSSR count). The van der Waals surface area contributed by atoms with Gasteiger partial charge in [-0.15, -0.1) is 0 Å². The van der Waals surface area contributed by atoms with Crippen LogP contribution >= 0.6 is 22.6 Å². The molecular formula is C35H49FIN5O5Si2. The minimum atomic E-state index is -1.27. The van der Waals surface area contributed by atoms with Crippen LogP contribution in [-0.2, 0) is 35.7 Å². The molecular weight excluding hydrogens is 772 g/mol. The number of aromatic nitrogens is 3. The number of ether oxygens (including phenoxy) is 3. The van der Waals surface area contributed by atoms with Gasteiger partial charge in [-0.25, -0.2) is 18.9 Å². The van der Waals surface area contributed by atoms with E-state index < -0.39 is 28.1 Å². The van der Waals surface area contributed by atoms with Crippen molar-refractivity contribution in [3.63, 3.8) is 0 Å².